The second-order valence-electron chi connectivity index (χ2n) is 10.1. The number of hydrogen-bond donors (Lipinski definition) is 2. The van der Waals surface area contributed by atoms with Crippen molar-refractivity contribution >= 4 is 23.4 Å². The van der Waals surface area contributed by atoms with Crippen molar-refractivity contribution in [3.63, 3.8) is 0 Å². The molecule has 1 amide bonds. The van der Waals surface area contributed by atoms with E-state index < -0.39 is 5.54 Å². The zero-order valence-electron chi connectivity index (χ0n) is 18.5. The highest BCUT2D eigenvalue weighted by Crippen LogP contribution is 2.46. The third-order valence-electron chi connectivity index (χ3n) is 6.98. The Balaban J connectivity index is 1.47. The van der Waals surface area contributed by atoms with Gasteiger partial charge in [-0.05, 0) is 42.4 Å². The van der Waals surface area contributed by atoms with Gasteiger partial charge in [0.2, 0.25) is 11.9 Å². The van der Waals surface area contributed by atoms with E-state index in [0.717, 1.165) is 30.6 Å². The summed E-state index contributed by atoms with van der Waals surface area (Å²) in [5, 5.41) is 6.20. The number of carbonyl (C=O) groups excluding carboxylic acids is 1. The number of rotatable bonds is 3. The van der Waals surface area contributed by atoms with Crippen LogP contribution in [-0.4, -0.2) is 34.0 Å². The molecule has 7 heteroatoms. The van der Waals surface area contributed by atoms with E-state index in [0.29, 0.717) is 36.2 Å². The maximum Gasteiger partial charge on any atom is 0.246 e. The first kappa shape index (κ1) is 20.2. The highest BCUT2D eigenvalue weighted by atomic mass is 19.1. The van der Waals surface area contributed by atoms with Gasteiger partial charge < -0.3 is 15.5 Å². The normalized spacial score (nSPS) is 23.5. The van der Waals surface area contributed by atoms with Crippen molar-refractivity contribution in [1.82, 2.24) is 15.3 Å². The second kappa shape index (κ2) is 7.18. The predicted molar refractivity (Wildman–Crippen MR) is 119 cm³/mol. The molecule has 1 spiro atoms. The molecule has 1 saturated heterocycles. The summed E-state index contributed by atoms with van der Waals surface area (Å²) in [7, 11) is 0. The number of anilines is 3. The van der Waals surface area contributed by atoms with Crippen LogP contribution in [0.3, 0.4) is 0 Å². The summed E-state index contributed by atoms with van der Waals surface area (Å²) in [6.45, 7) is 6.69. The van der Waals surface area contributed by atoms with E-state index in [2.05, 4.69) is 20.5 Å². The van der Waals surface area contributed by atoms with Gasteiger partial charge in [0.1, 0.15) is 17.2 Å². The fraction of sp³-hybridized carbons (Fsp3) is 0.542. The average molecular weight is 424 g/mol. The summed E-state index contributed by atoms with van der Waals surface area (Å²) in [5.41, 5.74) is 1.51. The molecule has 2 aliphatic heterocycles. The lowest BCUT2D eigenvalue weighted by atomic mass is 9.86. The minimum Gasteiger partial charge on any atom is -0.354 e. The molecule has 2 aromatic rings. The first-order valence-corrected chi connectivity index (χ1v) is 11.3. The molecule has 1 saturated carbocycles. The first-order valence-electron chi connectivity index (χ1n) is 11.3. The number of hydrogen-bond acceptors (Lipinski definition) is 5. The quantitative estimate of drug-likeness (QED) is 0.774. The van der Waals surface area contributed by atoms with Crippen molar-refractivity contribution in [3.8, 4) is 0 Å². The first-order chi connectivity index (χ1) is 14.8. The lowest BCUT2D eigenvalue weighted by Crippen LogP contribution is -2.56. The van der Waals surface area contributed by atoms with Crippen molar-refractivity contribution < 1.29 is 9.18 Å². The van der Waals surface area contributed by atoms with E-state index in [1.165, 1.54) is 18.9 Å². The van der Waals surface area contributed by atoms with Crippen molar-refractivity contribution in [3.05, 3.63) is 41.3 Å². The van der Waals surface area contributed by atoms with E-state index >= 15 is 0 Å². The number of halogens is 1. The summed E-state index contributed by atoms with van der Waals surface area (Å²) in [6, 6.07) is 5.50. The number of fused-ring (bicyclic) bond motifs is 1. The Morgan fingerprint density at radius 3 is 2.68 bits per heavy atom. The summed E-state index contributed by atoms with van der Waals surface area (Å²) in [6.07, 6.45) is 7.81. The summed E-state index contributed by atoms with van der Waals surface area (Å²) in [5.74, 6) is 1.15. The Bertz CT molecular complexity index is 1030. The van der Waals surface area contributed by atoms with Crippen molar-refractivity contribution in [2.75, 3.05) is 16.8 Å². The molecule has 1 aromatic carbocycles. The molecular formula is C24H30FN5O. The van der Waals surface area contributed by atoms with E-state index in [-0.39, 0.29) is 17.1 Å². The van der Waals surface area contributed by atoms with Gasteiger partial charge in [-0.2, -0.15) is 4.98 Å². The summed E-state index contributed by atoms with van der Waals surface area (Å²) in [4.78, 5) is 24.5. The van der Waals surface area contributed by atoms with Crippen LogP contribution in [0.1, 0.15) is 64.0 Å². The Labute approximate surface area is 182 Å². The van der Waals surface area contributed by atoms with Gasteiger partial charge in [-0.25, -0.2) is 9.37 Å². The molecule has 1 atom stereocenters. The van der Waals surface area contributed by atoms with Gasteiger partial charge in [-0.1, -0.05) is 39.7 Å². The molecule has 164 valence electrons. The van der Waals surface area contributed by atoms with Crippen LogP contribution >= 0.6 is 0 Å². The third-order valence-corrected chi connectivity index (χ3v) is 6.98. The van der Waals surface area contributed by atoms with Crippen LogP contribution in [0.15, 0.2) is 24.4 Å². The maximum absolute atomic E-state index is 14.6. The predicted octanol–water partition coefficient (Wildman–Crippen LogP) is 4.22. The van der Waals surface area contributed by atoms with E-state index in [4.69, 9.17) is 4.98 Å². The van der Waals surface area contributed by atoms with Gasteiger partial charge in [0.15, 0.2) is 0 Å². The smallest absolute Gasteiger partial charge is 0.246 e. The molecule has 0 radical (unpaired) electrons. The van der Waals surface area contributed by atoms with Crippen LogP contribution in [0.4, 0.5) is 21.8 Å². The molecule has 31 heavy (non-hydrogen) atoms. The van der Waals surface area contributed by atoms with Crippen molar-refractivity contribution in [2.24, 2.45) is 0 Å². The van der Waals surface area contributed by atoms with Gasteiger partial charge in [0.25, 0.3) is 0 Å². The Hall–Kier alpha value is -2.70. The Morgan fingerprint density at radius 2 is 2.03 bits per heavy atom. The van der Waals surface area contributed by atoms with E-state index in [1.807, 2.05) is 39.1 Å². The second-order valence-corrected chi connectivity index (χ2v) is 10.1. The zero-order valence-corrected chi connectivity index (χ0v) is 18.5. The van der Waals surface area contributed by atoms with E-state index in [1.54, 1.807) is 0 Å². The number of nitrogens with one attached hydrogen (secondary N) is 2. The molecule has 3 heterocycles. The number of carbonyl (C=O) groups is 1. The van der Waals surface area contributed by atoms with Gasteiger partial charge in [-0.15, -0.1) is 0 Å². The molecule has 3 aliphatic rings. The fourth-order valence-corrected chi connectivity index (χ4v) is 5.47. The number of aromatic nitrogens is 2. The largest absolute Gasteiger partial charge is 0.354 e. The van der Waals surface area contributed by atoms with Crippen LogP contribution < -0.4 is 15.5 Å². The van der Waals surface area contributed by atoms with Gasteiger partial charge in [0, 0.05) is 36.5 Å². The van der Waals surface area contributed by atoms with Crippen molar-refractivity contribution in [2.45, 2.75) is 76.3 Å². The third kappa shape index (κ3) is 3.34. The average Bonchev–Trinajstić information content (AvgIpc) is 3.41. The van der Waals surface area contributed by atoms with Crippen LogP contribution in [0, 0.1) is 5.82 Å². The Kier molecular flexibility index (Phi) is 4.68. The van der Waals surface area contributed by atoms with Gasteiger partial charge >= 0.3 is 0 Å². The number of amides is 1. The number of nitrogens with zero attached hydrogens (tertiary/aromatic N) is 3. The lowest BCUT2D eigenvalue weighted by Gasteiger charge is -2.38. The van der Waals surface area contributed by atoms with Crippen LogP contribution in [0.25, 0.3) is 0 Å². The molecule has 0 bridgehead atoms. The molecule has 1 aliphatic carbocycles. The van der Waals surface area contributed by atoms with E-state index in [9.17, 15) is 9.18 Å². The topological polar surface area (TPSA) is 70.2 Å². The molecule has 2 fully saturated rings. The fourth-order valence-electron chi connectivity index (χ4n) is 5.47. The molecule has 5 rings (SSSR count). The standard InChI is InChI=1S/C24H30FN5O/c1-23(2,3)18-9-8-16(12-19(18)25)28-22-27-14-15-13-24(10-11-26-21(24)31)30(20(15)29-22)17-6-4-5-7-17/h8-9,12,14,17H,4-7,10-11,13H2,1-3H3,(H,26,31)(H,27,28,29). The lowest BCUT2D eigenvalue weighted by molar-refractivity contribution is -0.123. The molecule has 2 N–H and O–H groups in total. The van der Waals surface area contributed by atoms with Crippen LogP contribution in [0.2, 0.25) is 0 Å². The van der Waals surface area contributed by atoms with Gasteiger partial charge in [-0.3, -0.25) is 4.79 Å². The Morgan fingerprint density at radius 1 is 1.26 bits per heavy atom. The van der Waals surface area contributed by atoms with Crippen LogP contribution in [-0.2, 0) is 16.6 Å². The molecule has 6 nitrogen and oxygen atoms in total. The SMILES string of the molecule is CC(C)(C)c1ccc(Nc2ncc3c(n2)N(C2CCCC2)C2(CCNC2=O)C3)cc1F. The molecular weight excluding hydrogens is 393 g/mol. The zero-order chi connectivity index (χ0) is 21.8. The van der Waals surface area contributed by atoms with Crippen molar-refractivity contribution in [1.29, 1.82) is 0 Å². The molecule has 1 unspecified atom stereocenters. The highest BCUT2D eigenvalue weighted by molar-refractivity contribution is 5.94. The minimum absolute atomic E-state index is 0.103. The summed E-state index contributed by atoms with van der Waals surface area (Å²) < 4.78 is 14.6. The van der Waals surface area contributed by atoms with Gasteiger partial charge in [0.05, 0.1) is 0 Å². The molecule has 1 aromatic heterocycles. The monoisotopic (exact) mass is 423 g/mol. The van der Waals surface area contributed by atoms with Crippen LogP contribution in [0.5, 0.6) is 0 Å². The highest BCUT2D eigenvalue weighted by Gasteiger charge is 2.55. The number of benzene rings is 1. The summed E-state index contributed by atoms with van der Waals surface area (Å²) >= 11 is 0. The minimum atomic E-state index is -0.537. The maximum atomic E-state index is 14.6.